The van der Waals surface area contributed by atoms with Crippen molar-refractivity contribution in [1.29, 1.82) is 0 Å². The second-order valence-electron chi connectivity index (χ2n) is 4.94. The highest BCUT2D eigenvalue weighted by Gasteiger charge is 2.14. The summed E-state index contributed by atoms with van der Waals surface area (Å²) >= 11 is 0. The zero-order valence-corrected chi connectivity index (χ0v) is 12.4. The number of nitrogens with one attached hydrogen (secondary N) is 1. The first kappa shape index (κ1) is 14.9. The van der Waals surface area contributed by atoms with Crippen molar-refractivity contribution in [3.63, 3.8) is 0 Å². The fourth-order valence-electron chi connectivity index (χ4n) is 2.04. The Balaban J connectivity index is 1.45. The number of benzene rings is 1. The molecule has 2 heterocycles. The molecule has 1 aliphatic heterocycles. The Hall–Kier alpha value is -3.03. The number of esters is 1. The first-order valence-corrected chi connectivity index (χ1v) is 6.93. The van der Waals surface area contributed by atoms with Crippen LogP contribution in [0.25, 0.3) is 0 Å². The van der Waals surface area contributed by atoms with Crippen LogP contribution in [0.1, 0.15) is 15.9 Å². The fraction of sp³-hybridized carbons (Fsp3) is 0.267. The van der Waals surface area contributed by atoms with E-state index in [0.717, 1.165) is 5.56 Å². The van der Waals surface area contributed by atoms with Crippen LogP contribution in [0.3, 0.4) is 0 Å². The van der Waals surface area contributed by atoms with Gasteiger partial charge in [0.1, 0.15) is 0 Å². The number of aryl methyl sites for hydroxylation is 1. The number of carbonyl (C=O) groups is 2. The standard InChI is InChI=1S/C15H15N3O5/c1-18-7-11(6-17-18)15(20)21-8-14(19)16-5-10-2-3-12-13(4-10)23-9-22-12/h2-4,6-7H,5,8-9H2,1H3,(H,16,19). The van der Waals surface area contributed by atoms with E-state index in [2.05, 4.69) is 10.4 Å². The Kier molecular flexibility index (Phi) is 4.13. The third-order valence-electron chi connectivity index (χ3n) is 3.20. The van der Waals surface area contributed by atoms with Crippen LogP contribution in [0.4, 0.5) is 0 Å². The lowest BCUT2D eigenvalue weighted by atomic mass is 10.2. The summed E-state index contributed by atoms with van der Waals surface area (Å²) < 4.78 is 16.9. The molecular formula is C15H15N3O5. The number of rotatable bonds is 5. The molecule has 0 saturated heterocycles. The summed E-state index contributed by atoms with van der Waals surface area (Å²) in [6.45, 7) is 0.160. The van der Waals surface area contributed by atoms with Crippen LogP contribution in [0.15, 0.2) is 30.6 Å². The summed E-state index contributed by atoms with van der Waals surface area (Å²) in [5.74, 6) is 0.362. The van der Waals surface area contributed by atoms with Crippen molar-refractivity contribution in [2.75, 3.05) is 13.4 Å². The number of amides is 1. The SMILES string of the molecule is Cn1cc(C(=O)OCC(=O)NCc2ccc3c(c2)OCO3)cn1. The second kappa shape index (κ2) is 6.39. The van der Waals surface area contributed by atoms with Crippen molar-refractivity contribution in [1.82, 2.24) is 15.1 Å². The van der Waals surface area contributed by atoms with Crippen LogP contribution < -0.4 is 14.8 Å². The smallest absolute Gasteiger partial charge is 0.341 e. The van der Waals surface area contributed by atoms with Gasteiger partial charge in [-0.1, -0.05) is 6.07 Å². The molecule has 0 atom stereocenters. The molecule has 0 saturated carbocycles. The minimum atomic E-state index is -0.587. The van der Waals surface area contributed by atoms with Crippen LogP contribution >= 0.6 is 0 Å². The molecule has 120 valence electrons. The number of hydrogen-bond acceptors (Lipinski definition) is 6. The van der Waals surface area contributed by atoms with Crippen LogP contribution in [-0.4, -0.2) is 35.1 Å². The van der Waals surface area contributed by atoms with E-state index in [1.165, 1.54) is 17.1 Å². The number of fused-ring (bicyclic) bond motifs is 1. The maximum atomic E-state index is 11.7. The first-order chi connectivity index (χ1) is 11.1. The number of hydrogen-bond donors (Lipinski definition) is 1. The van der Waals surface area contributed by atoms with Gasteiger partial charge in [0.15, 0.2) is 18.1 Å². The molecule has 1 aromatic carbocycles. The molecule has 1 N–H and O–H groups in total. The van der Waals surface area contributed by atoms with Gasteiger partial charge < -0.3 is 19.5 Å². The van der Waals surface area contributed by atoms with E-state index < -0.39 is 5.97 Å². The normalized spacial score (nSPS) is 12.0. The maximum Gasteiger partial charge on any atom is 0.341 e. The third-order valence-corrected chi connectivity index (χ3v) is 3.20. The average molecular weight is 317 g/mol. The first-order valence-electron chi connectivity index (χ1n) is 6.93. The fourth-order valence-corrected chi connectivity index (χ4v) is 2.04. The number of nitrogens with zero attached hydrogens (tertiary/aromatic N) is 2. The van der Waals surface area contributed by atoms with Crippen LogP contribution in [0.5, 0.6) is 11.5 Å². The van der Waals surface area contributed by atoms with Crippen molar-refractivity contribution < 1.29 is 23.8 Å². The van der Waals surface area contributed by atoms with Crippen LogP contribution in [-0.2, 0) is 23.1 Å². The van der Waals surface area contributed by atoms with E-state index in [1.54, 1.807) is 19.2 Å². The highest BCUT2D eigenvalue weighted by atomic mass is 16.7. The Morgan fingerprint density at radius 1 is 1.35 bits per heavy atom. The zero-order chi connectivity index (χ0) is 16.2. The summed E-state index contributed by atoms with van der Waals surface area (Å²) in [4.78, 5) is 23.4. The summed E-state index contributed by atoms with van der Waals surface area (Å²) in [5.41, 5.74) is 1.16. The lowest BCUT2D eigenvalue weighted by Gasteiger charge is -2.06. The van der Waals surface area contributed by atoms with E-state index in [9.17, 15) is 9.59 Å². The average Bonchev–Trinajstić information content (AvgIpc) is 3.18. The van der Waals surface area contributed by atoms with Crippen LogP contribution in [0, 0.1) is 0 Å². The van der Waals surface area contributed by atoms with E-state index in [1.807, 2.05) is 6.07 Å². The Bertz CT molecular complexity index is 740. The molecular weight excluding hydrogens is 302 g/mol. The Morgan fingerprint density at radius 3 is 2.96 bits per heavy atom. The van der Waals surface area contributed by atoms with Gasteiger partial charge in [0.2, 0.25) is 6.79 Å². The minimum absolute atomic E-state index is 0.204. The van der Waals surface area contributed by atoms with Gasteiger partial charge >= 0.3 is 5.97 Å². The monoisotopic (exact) mass is 317 g/mol. The number of ether oxygens (including phenoxy) is 3. The Morgan fingerprint density at radius 2 is 2.17 bits per heavy atom. The predicted molar refractivity (Wildman–Crippen MR) is 77.9 cm³/mol. The van der Waals surface area contributed by atoms with Gasteiger partial charge in [-0.15, -0.1) is 0 Å². The summed E-state index contributed by atoms with van der Waals surface area (Å²) in [7, 11) is 1.69. The van der Waals surface area contributed by atoms with Crippen molar-refractivity contribution >= 4 is 11.9 Å². The summed E-state index contributed by atoms with van der Waals surface area (Å²) in [6, 6.07) is 5.41. The number of aromatic nitrogens is 2. The molecule has 0 radical (unpaired) electrons. The molecule has 0 spiro atoms. The van der Waals surface area contributed by atoms with Crippen molar-refractivity contribution in [3.05, 3.63) is 41.7 Å². The number of carbonyl (C=O) groups excluding carboxylic acids is 2. The predicted octanol–water partition coefficient (Wildman–Crippen LogP) is 0.622. The molecule has 8 heteroatoms. The van der Waals surface area contributed by atoms with Crippen molar-refractivity contribution in [2.45, 2.75) is 6.54 Å². The summed E-state index contributed by atoms with van der Waals surface area (Å²) in [5, 5.41) is 6.53. The van der Waals surface area contributed by atoms with Gasteiger partial charge in [-0.05, 0) is 17.7 Å². The molecule has 23 heavy (non-hydrogen) atoms. The van der Waals surface area contributed by atoms with Gasteiger partial charge in [0, 0.05) is 19.8 Å². The van der Waals surface area contributed by atoms with E-state index >= 15 is 0 Å². The van der Waals surface area contributed by atoms with E-state index in [4.69, 9.17) is 14.2 Å². The van der Waals surface area contributed by atoms with Crippen molar-refractivity contribution in [3.8, 4) is 11.5 Å². The lowest BCUT2D eigenvalue weighted by molar-refractivity contribution is -0.124. The molecule has 3 rings (SSSR count). The quantitative estimate of drug-likeness (QED) is 0.813. The van der Waals surface area contributed by atoms with Crippen molar-refractivity contribution in [2.24, 2.45) is 7.05 Å². The maximum absolute atomic E-state index is 11.7. The van der Waals surface area contributed by atoms with Gasteiger partial charge in [-0.2, -0.15) is 5.10 Å². The Labute approximate surface area is 131 Å². The summed E-state index contributed by atoms with van der Waals surface area (Å²) in [6.07, 6.45) is 2.90. The zero-order valence-electron chi connectivity index (χ0n) is 12.4. The molecule has 0 aliphatic carbocycles. The van der Waals surface area contributed by atoms with E-state index in [0.29, 0.717) is 23.6 Å². The van der Waals surface area contributed by atoms with Gasteiger partial charge in [-0.25, -0.2) is 4.79 Å². The molecule has 0 fully saturated rings. The van der Waals surface area contributed by atoms with Crippen LogP contribution in [0.2, 0.25) is 0 Å². The topological polar surface area (TPSA) is 91.7 Å². The molecule has 1 amide bonds. The third kappa shape index (κ3) is 3.60. The molecule has 0 bridgehead atoms. The van der Waals surface area contributed by atoms with Gasteiger partial charge in [0.05, 0.1) is 11.8 Å². The molecule has 1 aromatic heterocycles. The lowest BCUT2D eigenvalue weighted by Crippen LogP contribution is -2.28. The van der Waals surface area contributed by atoms with Gasteiger partial charge in [0.25, 0.3) is 5.91 Å². The van der Waals surface area contributed by atoms with Gasteiger partial charge in [-0.3, -0.25) is 9.48 Å². The molecule has 0 unspecified atom stereocenters. The van der Waals surface area contributed by atoms with E-state index in [-0.39, 0.29) is 19.3 Å². The highest BCUT2D eigenvalue weighted by molar-refractivity contribution is 5.90. The molecule has 8 nitrogen and oxygen atoms in total. The molecule has 1 aliphatic rings. The largest absolute Gasteiger partial charge is 0.454 e. The second-order valence-corrected chi connectivity index (χ2v) is 4.94. The highest BCUT2D eigenvalue weighted by Crippen LogP contribution is 2.32. The minimum Gasteiger partial charge on any atom is -0.454 e. The molecule has 2 aromatic rings.